The van der Waals surface area contributed by atoms with Crippen molar-refractivity contribution in [1.82, 2.24) is 4.57 Å². The molecule has 0 spiro atoms. The Morgan fingerprint density at radius 3 is 2.68 bits per heavy atom. The maximum atomic E-state index is 4.33. The quantitative estimate of drug-likeness (QED) is 0.797. The maximum Gasteiger partial charge on any atom is 0.0537 e. The van der Waals surface area contributed by atoms with Gasteiger partial charge < -0.3 is 4.57 Å². The summed E-state index contributed by atoms with van der Waals surface area (Å²) in [7, 11) is 0. The van der Waals surface area contributed by atoms with Gasteiger partial charge in [0.15, 0.2) is 0 Å². The molecule has 1 nitrogen and oxygen atoms in total. The third-order valence-electron chi connectivity index (χ3n) is 3.98. The first kappa shape index (κ1) is 14.4. The van der Waals surface area contributed by atoms with E-state index < -0.39 is 0 Å². The number of benzene rings is 1. The van der Waals surface area contributed by atoms with Crippen molar-refractivity contribution in [3.05, 3.63) is 75.3 Å². The van der Waals surface area contributed by atoms with Crippen molar-refractivity contribution >= 4 is 24.8 Å². The standard InChI is InChI=1S/C21H21N/c1-4-5-10-20-17(3)19-9-7-6-8-11-21(19)22(20)18-14-12-16(2)13-15-18/h4-6,8-15H,3,7H2,1-2H3/b5-4-,20-10+. The molecule has 1 heterocycles. The topological polar surface area (TPSA) is 4.93 Å². The van der Waals surface area contributed by atoms with E-state index in [-0.39, 0.29) is 0 Å². The van der Waals surface area contributed by atoms with Gasteiger partial charge >= 0.3 is 0 Å². The van der Waals surface area contributed by atoms with Gasteiger partial charge in [-0.2, -0.15) is 0 Å². The Balaban J connectivity index is 2.47. The first-order valence-corrected chi connectivity index (χ1v) is 7.69. The summed E-state index contributed by atoms with van der Waals surface area (Å²) in [6, 6.07) is 8.65. The van der Waals surface area contributed by atoms with Gasteiger partial charge in [-0.15, -0.1) is 0 Å². The molecule has 1 heteroatoms. The van der Waals surface area contributed by atoms with Crippen LogP contribution in [0.5, 0.6) is 0 Å². The number of rotatable bonds is 2. The fourth-order valence-corrected chi connectivity index (χ4v) is 2.83. The highest BCUT2D eigenvalue weighted by Crippen LogP contribution is 2.04. The number of fused-ring (bicyclic) bond motifs is 1. The van der Waals surface area contributed by atoms with E-state index in [2.05, 4.69) is 78.8 Å². The predicted octanol–water partition coefficient (Wildman–Crippen LogP) is 2.07. The summed E-state index contributed by atoms with van der Waals surface area (Å²) in [6.45, 7) is 8.47. The molecule has 0 saturated heterocycles. The summed E-state index contributed by atoms with van der Waals surface area (Å²) >= 11 is 0. The van der Waals surface area contributed by atoms with Crippen molar-refractivity contribution in [2.24, 2.45) is 0 Å². The average Bonchev–Trinajstić information content (AvgIpc) is 2.70. The van der Waals surface area contributed by atoms with Crippen molar-refractivity contribution in [3.8, 4) is 5.69 Å². The monoisotopic (exact) mass is 287 g/mol. The number of aryl methyl sites for hydroxylation is 1. The highest BCUT2D eigenvalue weighted by Gasteiger charge is 2.05. The second-order valence-electron chi connectivity index (χ2n) is 5.56. The predicted molar refractivity (Wildman–Crippen MR) is 96.5 cm³/mol. The summed E-state index contributed by atoms with van der Waals surface area (Å²) in [4.78, 5) is 0. The second kappa shape index (κ2) is 6.07. The van der Waals surface area contributed by atoms with Gasteiger partial charge in [0.1, 0.15) is 0 Å². The number of nitrogens with zero attached hydrogens (tertiary/aromatic N) is 1. The summed E-state index contributed by atoms with van der Waals surface area (Å²) in [6.07, 6.45) is 16.0. The lowest BCUT2D eigenvalue weighted by atomic mass is 10.2. The largest absolute Gasteiger partial charge is 0.309 e. The van der Waals surface area contributed by atoms with Gasteiger partial charge in [-0.1, -0.05) is 54.7 Å². The summed E-state index contributed by atoms with van der Waals surface area (Å²) in [5, 5.41) is 4.68. The van der Waals surface area contributed by atoms with Crippen LogP contribution in [0.15, 0.2) is 48.6 Å². The molecule has 0 atom stereocenters. The van der Waals surface area contributed by atoms with Crippen LogP contribution in [0.25, 0.3) is 30.5 Å². The van der Waals surface area contributed by atoms with Crippen LogP contribution in [-0.2, 0) is 0 Å². The van der Waals surface area contributed by atoms with Gasteiger partial charge in [0.05, 0.1) is 10.7 Å². The molecule has 3 rings (SSSR count). The zero-order chi connectivity index (χ0) is 15.5. The molecule has 0 N–H and O–H groups in total. The van der Waals surface area contributed by atoms with Gasteiger partial charge in [-0.3, -0.25) is 0 Å². The minimum atomic E-state index is 0.951. The first-order chi connectivity index (χ1) is 10.7. The number of hydrogen-bond acceptors (Lipinski definition) is 0. The fourth-order valence-electron chi connectivity index (χ4n) is 2.83. The molecule has 2 aromatic rings. The van der Waals surface area contributed by atoms with Crippen LogP contribution in [0.2, 0.25) is 0 Å². The van der Waals surface area contributed by atoms with Crippen molar-refractivity contribution in [1.29, 1.82) is 0 Å². The molecule has 110 valence electrons. The Kier molecular flexibility index (Phi) is 3.97. The zero-order valence-electron chi connectivity index (χ0n) is 13.2. The van der Waals surface area contributed by atoms with Crippen LogP contribution in [0.3, 0.4) is 0 Å². The van der Waals surface area contributed by atoms with E-state index in [1.54, 1.807) is 0 Å². The van der Waals surface area contributed by atoms with E-state index in [9.17, 15) is 0 Å². The molecule has 0 amide bonds. The van der Waals surface area contributed by atoms with Crippen molar-refractivity contribution in [2.75, 3.05) is 0 Å². The van der Waals surface area contributed by atoms with Gasteiger partial charge in [-0.25, -0.2) is 0 Å². The van der Waals surface area contributed by atoms with Gasteiger partial charge in [0, 0.05) is 16.1 Å². The SMILES string of the molecule is C=c1c2c(n(-c3ccc(C)cc3)/c1=C/C=C\C)=CC=CCC=2. The van der Waals surface area contributed by atoms with Crippen LogP contribution in [-0.4, -0.2) is 4.57 Å². The number of hydrogen-bond donors (Lipinski definition) is 0. The number of allylic oxidation sites excluding steroid dienone is 4. The molecule has 1 aliphatic carbocycles. The molecule has 1 aromatic heterocycles. The molecule has 1 aliphatic rings. The fraction of sp³-hybridized carbons (Fsp3) is 0.143. The normalized spacial score (nSPS) is 14.5. The molecular formula is C21H21N. The molecule has 0 radical (unpaired) electrons. The summed E-state index contributed by atoms with van der Waals surface area (Å²) < 4.78 is 2.29. The van der Waals surface area contributed by atoms with Crippen LogP contribution in [0.4, 0.5) is 0 Å². The van der Waals surface area contributed by atoms with Crippen molar-refractivity contribution in [3.63, 3.8) is 0 Å². The van der Waals surface area contributed by atoms with Gasteiger partial charge in [-0.05, 0) is 44.6 Å². The lowest BCUT2D eigenvalue weighted by Gasteiger charge is -2.05. The lowest BCUT2D eigenvalue weighted by Crippen LogP contribution is -2.35. The Morgan fingerprint density at radius 2 is 1.95 bits per heavy atom. The van der Waals surface area contributed by atoms with Gasteiger partial charge in [0.25, 0.3) is 0 Å². The molecule has 1 aromatic carbocycles. The third-order valence-corrected chi connectivity index (χ3v) is 3.98. The van der Waals surface area contributed by atoms with E-state index >= 15 is 0 Å². The molecule has 0 aliphatic heterocycles. The molecule has 22 heavy (non-hydrogen) atoms. The lowest BCUT2D eigenvalue weighted by molar-refractivity contribution is 0.988. The van der Waals surface area contributed by atoms with Crippen LogP contribution >= 0.6 is 0 Å². The smallest absolute Gasteiger partial charge is 0.0537 e. The summed E-state index contributed by atoms with van der Waals surface area (Å²) in [5.74, 6) is 0. The van der Waals surface area contributed by atoms with Gasteiger partial charge in [0.2, 0.25) is 0 Å². The highest BCUT2D eigenvalue weighted by atomic mass is 15.0. The van der Waals surface area contributed by atoms with Crippen molar-refractivity contribution in [2.45, 2.75) is 20.3 Å². The Hall–Kier alpha value is -2.54. The molecule has 0 unspecified atom stereocenters. The third kappa shape index (κ3) is 2.50. The maximum absolute atomic E-state index is 4.33. The Bertz CT molecular complexity index is 964. The minimum Gasteiger partial charge on any atom is -0.309 e. The van der Waals surface area contributed by atoms with Crippen LogP contribution in [0.1, 0.15) is 18.9 Å². The second-order valence-corrected chi connectivity index (χ2v) is 5.56. The van der Waals surface area contributed by atoms with E-state index in [1.165, 1.54) is 21.8 Å². The highest BCUT2D eigenvalue weighted by molar-refractivity contribution is 5.50. The molecule has 0 bridgehead atoms. The first-order valence-electron chi connectivity index (χ1n) is 7.69. The molecule has 0 saturated carbocycles. The zero-order valence-corrected chi connectivity index (χ0v) is 13.2. The van der Waals surface area contributed by atoms with Crippen molar-refractivity contribution < 1.29 is 0 Å². The van der Waals surface area contributed by atoms with E-state index in [0.717, 1.165) is 17.0 Å². The minimum absolute atomic E-state index is 0.951. The Labute approximate surface area is 131 Å². The Morgan fingerprint density at radius 1 is 1.18 bits per heavy atom. The molecule has 0 fully saturated rings. The molecular weight excluding hydrogens is 266 g/mol. The number of aromatic nitrogens is 1. The average molecular weight is 287 g/mol. The summed E-state index contributed by atoms with van der Waals surface area (Å²) in [5.41, 5.74) is 2.44. The van der Waals surface area contributed by atoms with Crippen LogP contribution < -0.4 is 21.1 Å². The van der Waals surface area contributed by atoms with E-state index in [0.29, 0.717) is 0 Å². The van der Waals surface area contributed by atoms with E-state index in [4.69, 9.17) is 0 Å². The van der Waals surface area contributed by atoms with E-state index in [1.807, 2.05) is 13.0 Å². The van der Waals surface area contributed by atoms with Crippen LogP contribution in [0, 0.1) is 6.92 Å².